The second-order valence-corrected chi connectivity index (χ2v) is 4.99. The van der Waals surface area contributed by atoms with Crippen LogP contribution >= 0.6 is 0 Å². The van der Waals surface area contributed by atoms with Crippen LogP contribution in [0.2, 0.25) is 0 Å². The van der Waals surface area contributed by atoms with E-state index in [0.29, 0.717) is 17.0 Å². The molecule has 0 aliphatic rings. The summed E-state index contributed by atoms with van der Waals surface area (Å²) in [7, 11) is 1.54. The van der Waals surface area contributed by atoms with Crippen molar-refractivity contribution in [3.05, 3.63) is 70.5 Å². The summed E-state index contributed by atoms with van der Waals surface area (Å²) in [5.74, 6) is -0.769. The van der Waals surface area contributed by atoms with E-state index in [1.165, 1.54) is 13.2 Å². The monoisotopic (exact) mass is 329 g/mol. The van der Waals surface area contributed by atoms with Gasteiger partial charge in [-0.05, 0) is 24.3 Å². The zero-order valence-corrected chi connectivity index (χ0v) is 12.6. The normalized spacial score (nSPS) is 10.5. The largest absolute Gasteiger partial charge is 0.497 e. The molecule has 2 aromatic carbocycles. The van der Waals surface area contributed by atoms with Gasteiger partial charge < -0.3 is 10.1 Å². The summed E-state index contributed by atoms with van der Waals surface area (Å²) in [6, 6.07) is 11.3. The lowest BCUT2D eigenvalue weighted by molar-refractivity contribution is 0.415. The first-order valence-corrected chi connectivity index (χ1v) is 7.02. The van der Waals surface area contributed by atoms with E-state index < -0.39 is 17.2 Å². The highest BCUT2D eigenvalue weighted by Gasteiger charge is 2.07. The lowest BCUT2D eigenvalue weighted by Crippen LogP contribution is -2.10. The quantitative estimate of drug-likeness (QED) is 0.769. The Kier molecular flexibility index (Phi) is 4.24. The van der Waals surface area contributed by atoms with Crippen LogP contribution in [-0.4, -0.2) is 17.1 Å². The number of H-pyrrole nitrogens is 1. The van der Waals surface area contributed by atoms with E-state index in [1.54, 1.807) is 24.3 Å². The molecule has 2 N–H and O–H groups in total. The van der Waals surface area contributed by atoms with Gasteiger partial charge in [-0.2, -0.15) is 0 Å². The van der Waals surface area contributed by atoms with Crippen molar-refractivity contribution in [2.45, 2.75) is 0 Å². The van der Waals surface area contributed by atoms with Crippen molar-refractivity contribution in [3.8, 4) is 17.0 Å². The second-order valence-electron chi connectivity index (χ2n) is 4.99. The van der Waals surface area contributed by atoms with Crippen LogP contribution in [-0.2, 0) is 0 Å². The molecule has 0 bridgehead atoms. The molecule has 0 radical (unpaired) electrons. The van der Waals surface area contributed by atoms with Crippen LogP contribution in [0.25, 0.3) is 11.3 Å². The van der Waals surface area contributed by atoms with Gasteiger partial charge in [-0.3, -0.25) is 9.78 Å². The third-order valence-electron chi connectivity index (χ3n) is 3.23. The van der Waals surface area contributed by atoms with E-state index in [2.05, 4.69) is 15.3 Å². The number of aromatic amines is 1. The highest BCUT2D eigenvalue weighted by Crippen LogP contribution is 2.23. The predicted octanol–water partition coefficient (Wildman–Crippen LogP) is 3.47. The third-order valence-corrected chi connectivity index (χ3v) is 3.23. The molecule has 0 spiro atoms. The number of rotatable bonds is 4. The second kappa shape index (κ2) is 6.49. The number of aromatic nitrogens is 2. The van der Waals surface area contributed by atoms with Crippen LogP contribution in [0.3, 0.4) is 0 Å². The van der Waals surface area contributed by atoms with E-state index in [9.17, 15) is 13.6 Å². The van der Waals surface area contributed by atoms with E-state index in [4.69, 9.17) is 4.74 Å². The lowest BCUT2D eigenvalue weighted by Gasteiger charge is -2.08. The highest BCUT2D eigenvalue weighted by atomic mass is 19.1. The molecule has 0 aliphatic carbocycles. The molecule has 0 fully saturated rings. The molecule has 1 heterocycles. The highest BCUT2D eigenvalue weighted by molar-refractivity contribution is 5.63. The Labute approximate surface area is 136 Å². The zero-order valence-electron chi connectivity index (χ0n) is 12.6. The summed E-state index contributed by atoms with van der Waals surface area (Å²) in [6.45, 7) is 0. The van der Waals surface area contributed by atoms with Gasteiger partial charge in [0.15, 0.2) is 0 Å². The molecule has 24 heavy (non-hydrogen) atoms. The molecule has 0 unspecified atom stereocenters. The molecule has 3 aromatic rings. The van der Waals surface area contributed by atoms with Crippen LogP contribution < -0.4 is 15.6 Å². The predicted molar refractivity (Wildman–Crippen MR) is 86.5 cm³/mol. The summed E-state index contributed by atoms with van der Waals surface area (Å²) in [6.07, 6.45) is 0. The Morgan fingerprint density at radius 2 is 1.83 bits per heavy atom. The summed E-state index contributed by atoms with van der Waals surface area (Å²) in [5, 5.41) is 2.69. The van der Waals surface area contributed by atoms with Crippen molar-refractivity contribution in [1.29, 1.82) is 0 Å². The van der Waals surface area contributed by atoms with Crippen molar-refractivity contribution in [3.63, 3.8) is 0 Å². The first kappa shape index (κ1) is 15.7. The van der Waals surface area contributed by atoms with Crippen LogP contribution in [0.4, 0.5) is 20.4 Å². The first-order valence-electron chi connectivity index (χ1n) is 7.02. The molecule has 122 valence electrons. The first-order chi connectivity index (χ1) is 11.5. The van der Waals surface area contributed by atoms with E-state index >= 15 is 0 Å². The van der Waals surface area contributed by atoms with Crippen molar-refractivity contribution < 1.29 is 13.5 Å². The number of nitrogens with one attached hydrogen (secondary N) is 2. The van der Waals surface area contributed by atoms with Crippen LogP contribution in [0.15, 0.2) is 53.3 Å². The molecule has 0 aliphatic heterocycles. The fraction of sp³-hybridized carbons (Fsp3) is 0.0588. The van der Waals surface area contributed by atoms with Gasteiger partial charge in [-0.15, -0.1) is 0 Å². The van der Waals surface area contributed by atoms with Gasteiger partial charge in [-0.25, -0.2) is 13.8 Å². The SMILES string of the molecule is COc1cccc(-c2cc(=O)[nH]c(Nc3cc(F)cc(F)c3)n2)c1. The molecule has 7 heteroatoms. The van der Waals surface area contributed by atoms with Gasteiger partial charge in [0.25, 0.3) is 5.56 Å². The van der Waals surface area contributed by atoms with Crippen LogP contribution in [0.5, 0.6) is 5.75 Å². The molecule has 0 amide bonds. The molecule has 1 aromatic heterocycles. The van der Waals surface area contributed by atoms with Crippen LogP contribution in [0.1, 0.15) is 0 Å². The summed E-state index contributed by atoms with van der Waals surface area (Å²) >= 11 is 0. The fourth-order valence-electron chi connectivity index (χ4n) is 2.21. The van der Waals surface area contributed by atoms with Gasteiger partial charge >= 0.3 is 0 Å². The van der Waals surface area contributed by atoms with E-state index in [1.807, 2.05) is 0 Å². The van der Waals surface area contributed by atoms with Crippen molar-refractivity contribution in [2.75, 3.05) is 12.4 Å². The Morgan fingerprint density at radius 1 is 1.08 bits per heavy atom. The smallest absolute Gasteiger partial charge is 0.252 e. The molecular formula is C17H13F2N3O2. The Balaban J connectivity index is 1.98. The van der Waals surface area contributed by atoms with Gasteiger partial charge in [0.05, 0.1) is 12.8 Å². The number of anilines is 2. The summed E-state index contributed by atoms with van der Waals surface area (Å²) < 4.78 is 31.6. The standard InChI is InChI=1S/C17H13F2N3O2/c1-24-14-4-2-3-10(5-14)15-9-16(23)22-17(21-15)20-13-7-11(18)6-12(19)8-13/h2-9H,1H3,(H2,20,21,22,23). The molecule has 0 saturated carbocycles. The number of hydrogen-bond acceptors (Lipinski definition) is 4. The average molecular weight is 329 g/mol. The lowest BCUT2D eigenvalue weighted by atomic mass is 10.1. The Bertz CT molecular complexity index is 921. The molecule has 0 saturated heterocycles. The van der Waals surface area contributed by atoms with E-state index in [0.717, 1.165) is 18.2 Å². The Morgan fingerprint density at radius 3 is 2.54 bits per heavy atom. The molecule has 3 rings (SSSR count). The van der Waals surface area contributed by atoms with Gasteiger partial charge in [0.2, 0.25) is 5.95 Å². The minimum Gasteiger partial charge on any atom is -0.497 e. The van der Waals surface area contributed by atoms with Crippen molar-refractivity contribution >= 4 is 11.6 Å². The molecule has 0 atom stereocenters. The summed E-state index contributed by atoms with van der Waals surface area (Å²) in [4.78, 5) is 18.6. The summed E-state index contributed by atoms with van der Waals surface area (Å²) in [5.41, 5.74) is 0.812. The number of methoxy groups -OCH3 is 1. The fourth-order valence-corrected chi connectivity index (χ4v) is 2.21. The minimum atomic E-state index is -0.733. The maximum absolute atomic E-state index is 13.3. The maximum atomic E-state index is 13.3. The number of ether oxygens (including phenoxy) is 1. The number of nitrogens with zero attached hydrogens (tertiary/aromatic N) is 1. The molecular weight excluding hydrogens is 316 g/mol. The van der Waals surface area contributed by atoms with E-state index in [-0.39, 0.29) is 11.6 Å². The molecule has 5 nitrogen and oxygen atoms in total. The number of hydrogen-bond donors (Lipinski definition) is 2. The van der Waals surface area contributed by atoms with Crippen LogP contribution in [0, 0.1) is 11.6 Å². The third kappa shape index (κ3) is 3.57. The van der Waals surface area contributed by atoms with Gasteiger partial charge in [0.1, 0.15) is 17.4 Å². The topological polar surface area (TPSA) is 67.0 Å². The number of halogens is 2. The Hall–Kier alpha value is -3.22. The average Bonchev–Trinajstić information content (AvgIpc) is 2.53. The van der Waals surface area contributed by atoms with Gasteiger partial charge in [-0.1, -0.05) is 12.1 Å². The van der Waals surface area contributed by atoms with Crippen molar-refractivity contribution in [2.24, 2.45) is 0 Å². The number of benzene rings is 2. The van der Waals surface area contributed by atoms with Crippen molar-refractivity contribution in [1.82, 2.24) is 9.97 Å². The minimum absolute atomic E-state index is 0.0744. The van der Waals surface area contributed by atoms with Gasteiger partial charge in [0, 0.05) is 23.4 Å². The maximum Gasteiger partial charge on any atom is 0.252 e. The zero-order chi connectivity index (χ0) is 17.1.